The Hall–Kier alpha value is -1.13. The summed E-state index contributed by atoms with van der Waals surface area (Å²) >= 11 is 6.19. The zero-order valence-corrected chi connectivity index (χ0v) is 19.7. The Labute approximate surface area is 186 Å². The smallest absolute Gasteiger partial charge is 0.239 e. The minimum atomic E-state index is -0.913. The van der Waals surface area contributed by atoms with Crippen LogP contribution in [0.4, 0.5) is 4.39 Å². The molecule has 3 rings (SSSR count). The third-order valence-corrected chi connectivity index (χ3v) is 7.52. The van der Waals surface area contributed by atoms with Gasteiger partial charge < -0.3 is 10.2 Å². The molecule has 30 heavy (non-hydrogen) atoms. The van der Waals surface area contributed by atoms with Crippen LogP contribution in [0.15, 0.2) is 34.9 Å². The van der Waals surface area contributed by atoms with Crippen LogP contribution in [-0.4, -0.2) is 42.7 Å². The molecule has 5 heteroatoms. The van der Waals surface area contributed by atoms with Gasteiger partial charge in [-0.05, 0) is 48.9 Å². The summed E-state index contributed by atoms with van der Waals surface area (Å²) in [6.45, 7) is 11.0. The van der Waals surface area contributed by atoms with Crippen molar-refractivity contribution in [1.29, 1.82) is 0 Å². The number of amides is 1. The number of allylic oxidation sites excluding steroid dienone is 5. The van der Waals surface area contributed by atoms with Crippen LogP contribution in [0.25, 0.3) is 0 Å². The molecule has 0 saturated carbocycles. The number of hydrogen-bond donors (Lipinski definition) is 1. The van der Waals surface area contributed by atoms with Crippen LogP contribution in [-0.2, 0) is 4.79 Å². The number of hydrogen-bond acceptors (Lipinski definition) is 2. The fraction of sp³-hybridized carbons (Fsp3) is 0.720. The fourth-order valence-corrected chi connectivity index (χ4v) is 5.70. The molecule has 0 spiro atoms. The van der Waals surface area contributed by atoms with Crippen LogP contribution < -0.4 is 5.32 Å². The SMILES string of the molecule is CC(C)[C@@H](NCC1=CC=CC(F)C1)C(=O)N1CCC(C2CC=C(Cl)CC2)C(C)(C)C1. The van der Waals surface area contributed by atoms with Crippen molar-refractivity contribution in [2.75, 3.05) is 19.6 Å². The van der Waals surface area contributed by atoms with Gasteiger partial charge in [0.15, 0.2) is 0 Å². The van der Waals surface area contributed by atoms with Crippen molar-refractivity contribution in [1.82, 2.24) is 10.2 Å². The third kappa shape index (κ3) is 5.76. The number of carbonyl (C=O) groups excluding carboxylic acids is 1. The Balaban J connectivity index is 1.60. The van der Waals surface area contributed by atoms with Gasteiger partial charge in [0.25, 0.3) is 0 Å². The van der Waals surface area contributed by atoms with Gasteiger partial charge in [0.1, 0.15) is 6.17 Å². The molecule has 168 valence electrons. The number of likely N-dealkylation sites (tertiary alicyclic amines) is 1. The topological polar surface area (TPSA) is 32.3 Å². The minimum Gasteiger partial charge on any atom is -0.341 e. The summed E-state index contributed by atoms with van der Waals surface area (Å²) in [5.41, 5.74) is 1.11. The predicted octanol–water partition coefficient (Wildman–Crippen LogP) is 5.62. The molecule has 4 atom stereocenters. The maximum Gasteiger partial charge on any atom is 0.239 e. The second kappa shape index (κ2) is 9.99. The Morgan fingerprint density at radius 3 is 2.73 bits per heavy atom. The zero-order chi connectivity index (χ0) is 21.9. The quantitative estimate of drug-likeness (QED) is 0.585. The van der Waals surface area contributed by atoms with Crippen molar-refractivity contribution in [3.63, 3.8) is 0 Å². The Bertz CT molecular complexity index is 712. The highest BCUT2D eigenvalue weighted by molar-refractivity contribution is 6.29. The van der Waals surface area contributed by atoms with Gasteiger partial charge in [-0.25, -0.2) is 4.39 Å². The van der Waals surface area contributed by atoms with Crippen LogP contribution in [0.3, 0.4) is 0 Å². The first-order valence-corrected chi connectivity index (χ1v) is 11.9. The van der Waals surface area contributed by atoms with Crippen molar-refractivity contribution in [2.24, 2.45) is 23.2 Å². The molecule has 1 amide bonds. The molecule has 3 aliphatic rings. The van der Waals surface area contributed by atoms with Gasteiger partial charge in [0.2, 0.25) is 5.91 Å². The highest BCUT2D eigenvalue weighted by atomic mass is 35.5. The number of rotatable bonds is 6. The van der Waals surface area contributed by atoms with Crippen molar-refractivity contribution in [3.8, 4) is 0 Å². The summed E-state index contributed by atoms with van der Waals surface area (Å²) in [6.07, 6.45) is 11.3. The lowest BCUT2D eigenvalue weighted by Gasteiger charge is -2.49. The van der Waals surface area contributed by atoms with E-state index in [1.165, 1.54) is 0 Å². The van der Waals surface area contributed by atoms with E-state index in [1.54, 1.807) is 12.2 Å². The third-order valence-electron chi connectivity index (χ3n) is 7.18. The van der Waals surface area contributed by atoms with Gasteiger partial charge in [-0.3, -0.25) is 4.79 Å². The summed E-state index contributed by atoms with van der Waals surface area (Å²) in [7, 11) is 0. The molecule has 1 heterocycles. The second-order valence-corrected chi connectivity index (χ2v) is 10.8. The van der Waals surface area contributed by atoms with Crippen molar-refractivity contribution >= 4 is 17.5 Å². The number of nitrogens with one attached hydrogen (secondary N) is 1. The van der Waals surface area contributed by atoms with Crippen molar-refractivity contribution in [2.45, 2.75) is 72.0 Å². The number of carbonyl (C=O) groups is 1. The Kier molecular flexibility index (Phi) is 7.84. The minimum absolute atomic E-state index is 0.0932. The molecular weight excluding hydrogens is 399 g/mol. The van der Waals surface area contributed by atoms with Crippen LogP contribution in [0, 0.1) is 23.2 Å². The van der Waals surface area contributed by atoms with Crippen LogP contribution in [0.2, 0.25) is 0 Å². The molecule has 3 unspecified atom stereocenters. The average Bonchev–Trinajstić information content (AvgIpc) is 2.68. The van der Waals surface area contributed by atoms with E-state index in [1.807, 2.05) is 6.08 Å². The molecule has 0 aromatic carbocycles. The summed E-state index contributed by atoms with van der Waals surface area (Å²) in [5.74, 6) is 1.66. The first kappa shape index (κ1) is 23.5. The molecule has 1 saturated heterocycles. The average molecular weight is 437 g/mol. The van der Waals surface area contributed by atoms with E-state index < -0.39 is 6.17 Å². The molecule has 1 fully saturated rings. The maximum atomic E-state index is 13.6. The molecular formula is C25H38ClFN2O. The van der Waals surface area contributed by atoms with E-state index in [0.717, 1.165) is 49.4 Å². The number of nitrogens with zero attached hydrogens (tertiary/aromatic N) is 1. The lowest BCUT2D eigenvalue weighted by molar-refractivity contribution is -0.140. The van der Waals surface area contributed by atoms with Gasteiger partial charge in [0.05, 0.1) is 6.04 Å². The summed E-state index contributed by atoms with van der Waals surface area (Å²) in [6, 6.07) is -0.237. The van der Waals surface area contributed by atoms with Gasteiger partial charge >= 0.3 is 0 Å². The Morgan fingerprint density at radius 1 is 1.37 bits per heavy atom. The van der Waals surface area contributed by atoms with E-state index in [9.17, 15) is 9.18 Å². The molecule has 1 N–H and O–H groups in total. The molecule has 0 aromatic heterocycles. The van der Waals surface area contributed by atoms with Crippen LogP contribution >= 0.6 is 11.6 Å². The first-order valence-electron chi connectivity index (χ1n) is 11.5. The largest absolute Gasteiger partial charge is 0.341 e. The fourth-order valence-electron chi connectivity index (χ4n) is 5.50. The lowest BCUT2D eigenvalue weighted by atomic mass is 9.65. The Morgan fingerprint density at radius 2 is 2.13 bits per heavy atom. The lowest BCUT2D eigenvalue weighted by Crippen LogP contribution is -2.56. The van der Waals surface area contributed by atoms with Gasteiger partial charge in [-0.1, -0.05) is 69.2 Å². The summed E-state index contributed by atoms with van der Waals surface area (Å²) in [5, 5.41) is 4.44. The zero-order valence-electron chi connectivity index (χ0n) is 19.0. The number of piperidine rings is 1. The molecule has 2 aliphatic carbocycles. The van der Waals surface area contributed by atoms with Gasteiger partial charge in [-0.15, -0.1) is 0 Å². The molecule has 1 aliphatic heterocycles. The van der Waals surface area contributed by atoms with E-state index >= 15 is 0 Å². The molecule has 0 radical (unpaired) electrons. The van der Waals surface area contributed by atoms with E-state index in [4.69, 9.17) is 11.6 Å². The summed E-state index contributed by atoms with van der Waals surface area (Å²) in [4.78, 5) is 15.5. The second-order valence-electron chi connectivity index (χ2n) is 10.4. The molecule has 3 nitrogen and oxygen atoms in total. The molecule has 0 bridgehead atoms. The monoisotopic (exact) mass is 436 g/mol. The maximum absolute atomic E-state index is 13.6. The van der Waals surface area contributed by atoms with E-state index in [2.05, 4.69) is 44.0 Å². The summed E-state index contributed by atoms with van der Waals surface area (Å²) < 4.78 is 13.6. The van der Waals surface area contributed by atoms with Crippen molar-refractivity contribution < 1.29 is 9.18 Å². The highest BCUT2D eigenvalue weighted by Crippen LogP contribution is 2.45. The van der Waals surface area contributed by atoms with Crippen LogP contribution in [0.5, 0.6) is 0 Å². The van der Waals surface area contributed by atoms with Crippen LogP contribution in [0.1, 0.15) is 59.8 Å². The number of halogens is 2. The number of alkyl halides is 1. The normalized spacial score (nSPS) is 30.1. The van der Waals surface area contributed by atoms with E-state index in [-0.39, 0.29) is 23.3 Å². The van der Waals surface area contributed by atoms with Gasteiger partial charge in [0, 0.05) is 31.1 Å². The van der Waals surface area contributed by atoms with Crippen molar-refractivity contribution in [3.05, 3.63) is 34.9 Å². The van der Waals surface area contributed by atoms with E-state index in [0.29, 0.717) is 24.8 Å². The standard InChI is InChI=1S/C25H38ClFN2O/c1-17(2)23(28-15-18-6-5-7-21(27)14-18)24(30)29-13-12-22(25(3,4)16-29)19-8-10-20(26)11-9-19/h5-7,10,17,19,21-23,28H,8-9,11-16H2,1-4H3/t19?,21?,22?,23-/m1/s1. The molecule has 0 aromatic rings. The predicted molar refractivity (Wildman–Crippen MR) is 123 cm³/mol. The first-order chi connectivity index (χ1) is 14.2. The van der Waals surface area contributed by atoms with Gasteiger partial charge in [-0.2, -0.15) is 0 Å². The highest BCUT2D eigenvalue weighted by Gasteiger charge is 2.42.